The van der Waals surface area contributed by atoms with Crippen LogP contribution in [0.15, 0.2) is 6.07 Å². The van der Waals surface area contributed by atoms with Crippen LogP contribution in [-0.2, 0) is 4.74 Å². The predicted octanol–water partition coefficient (Wildman–Crippen LogP) is 1.98. The molecule has 1 N–H and O–H groups in total. The molecule has 1 aliphatic rings. The van der Waals surface area contributed by atoms with Crippen LogP contribution in [0.5, 0.6) is 0 Å². The van der Waals surface area contributed by atoms with Gasteiger partial charge in [-0.05, 0) is 32.8 Å². The number of carbonyl (C=O) groups excluding carboxylic acids is 1. The molecule has 0 aromatic carbocycles. The fourth-order valence-electron chi connectivity index (χ4n) is 2.46. The van der Waals surface area contributed by atoms with E-state index in [4.69, 9.17) is 9.84 Å². The number of rotatable bonds is 4. The molecule has 0 spiro atoms. The normalized spacial score (nSPS) is 16.9. The molecule has 1 aliphatic heterocycles. The van der Waals surface area contributed by atoms with Gasteiger partial charge in [-0.25, -0.2) is 0 Å². The Hall–Kier alpha value is -0.910. The van der Waals surface area contributed by atoms with Gasteiger partial charge in [-0.1, -0.05) is 0 Å². The molecule has 0 atom stereocenters. The lowest BCUT2D eigenvalue weighted by Gasteiger charge is -2.31. The van der Waals surface area contributed by atoms with E-state index < -0.39 is 0 Å². The third-order valence-electron chi connectivity index (χ3n) is 3.45. The summed E-state index contributed by atoms with van der Waals surface area (Å²) < 4.78 is 5.51. The molecule has 0 saturated carbocycles. The van der Waals surface area contributed by atoms with Gasteiger partial charge >= 0.3 is 0 Å². The molecule has 0 aliphatic carbocycles. The highest BCUT2D eigenvalue weighted by Gasteiger charge is 2.25. The van der Waals surface area contributed by atoms with Gasteiger partial charge in [-0.2, -0.15) is 0 Å². The quantitative estimate of drug-likeness (QED) is 0.919. The Balaban J connectivity index is 1.91. The summed E-state index contributed by atoms with van der Waals surface area (Å²) in [5.41, 5.74) is 0.845. The largest absolute Gasteiger partial charge is 0.394 e. The number of likely N-dealkylation sites (tertiary alicyclic amines) is 1. The van der Waals surface area contributed by atoms with Gasteiger partial charge in [0.2, 0.25) is 0 Å². The number of hydrogen-bond donors (Lipinski definition) is 1. The summed E-state index contributed by atoms with van der Waals surface area (Å²) in [6, 6.07) is 1.98. The standard InChI is InChI=1S/C14H21NO3S/c1-10-9-13(11(2)19-10)14(17)15-5-3-12(4-6-15)18-8-7-16/h9,12,16H,3-8H2,1-2H3. The van der Waals surface area contributed by atoms with Crippen LogP contribution in [-0.4, -0.2) is 48.3 Å². The minimum Gasteiger partial charge on any atom is -0.394 e. The molecule has 19 heavy (non-hydrogen) atoms. The molecular formula is C14H21NO3S. The number of aliphatic hydroxyl groups excluding tert-OH is 1. The van der Waals surface area contributed by atoms with E-state index in [1.54, 1.807) is 11.3 Å². The molecule has 2 heterocycles. The fraction of sp³-hybridized carbons (Fsp3) is 0.643. The van der Waals surface area contributed by atoms with E-state index in [9.17, 15) is 4.79 Å². The maximum atomic E-state index is 12.4. The maximum Gasteiger partial charge on any atom is 0.254 e. The first-order chi connectivity index (χ1) is 9.11. The van der Waals surface area contributed by atoms with Gasteiger partial charge in [0.15, 0.2) is 0 Å². The lowest BCUT2D eigenvalue weighted by molar-refractivity contribution is -0.00554. The van der Waals surface area contributed by atoms with Crippen molar-refractivity contribution in [1.82, 2.24) is 4.90 Å². The van der Waals surface area contributed by atoms with Crippen molar-refractivity contribution in [2.45, 2.75) is 32.8 Å². The third kappa shape index (κ3) is 3.55. The summed E-state index contributed by atoms with van der Waals surface area (Å²) in [6.45, 7) is 5.96. The second-order valence-corrected chi connectivity index (χ2v) is 6.37. The van der Waals surface area contributed by atoms with Crippen LogP contribution < -0.4 is 0 Å². The van der Waals surface area contributed by atoms with Crippen molar-refractivity contribution in [1.29, 1.82) is 0 Å². The van der Waals surface area contributed by atoms with Crippen molar-refractivity contribution in [2.24, 2.45) is 0 Å². The highest BCUT2D eigenvalue weighted by atomic mass is 32.1. The van der Waals surface area contributed by atoms with Crippen LogP contribution in [0.2, 0.25) is 0 Å². The molecule has 1 saturated heterocycles. The van der Waals surface area contributed by atoms with Crippen LogP contribution in [0.1, 0.15) is 33.0 Å². The molecule has 1 aromatic heterocycles. The highest BCUT2D eigenvalue weighted by molar-refractivity contribution is 7.12. The first-order valence-electron chi connectivity index (χ1n) is 6.70. The van der Waals surface area contributed by atoms with E-state index in [0.717, 1.165) is 36.4 Å². The van der Waals surface area contributed by atoms with E-state index in [0.29, 0.717) is 6.61 Å². The van der Waals surface area contributed by atoms with Crippen molar-refractivity contribution >= 4 is 17.2 Å². The number of carbonyl (C=O) groups is 1. The van der Waals surface area contributed by atoms with Crippen LogP contribution >= 0.6 is 11.3 Å². The number of amides is 1. The fourth-order valence-corrected chi connectivity index (χ4v) is 3.37. The first kappa shape index (κ1) is 14.5. The lowest BCUT2D eigenvalue weighted by atomic mass is 10.1. The van der Waals surface area contributed by atoms with Crippen molar-refractivity contribution in [3.05, 3.63) is 21.4 Å². The molecule has 0 unspecified atom stereocenters. The molecule has 4 nitrogen and oxygen atoms in total. The average molecular weight is 283 g/mol. The first-order valence-corrected chi connectivity index (χ1v) is 7.52. The van der Waals surface area contributed by atoms with Gasteiger partial charge in [0.05, 0.1) is 24.9 Å². The van der Waals surface area contributed by atoms with Crippen LogP contribution in [0.3, 0.4) is 0 Å². The van der Waals surface area contributed by atoms with Crippen molar-refractivity contribution in [3.8, 4) is 0 Å². The average Bonchev–Trinajstić information content (AvgIpc) is 2.75. The van der Waals surface area contributed by atoms with Gasteiger partial charge in [0.25, 0.3) is 5.91 Å². The summed E-state index contributed by atoms with van der Waals surface area (Å²) in [4.78, 5) is 16.6. The summed E-state index contributed by atoms with van der Waals surface area (Å²) in [5.74, 6) is 0.141. The highest BCUT2D eigenvalue weighted by Crippen LogP contribution is 2.24. The number of hydrogen-bond acceptors (Lipinski definition) is 4. The summed E-state index contributed by atoms with van der Waals surface area (Å²) in [7, 11) is 0. The van der Waals surface area contributed by atoms with E-state index in [2.05, 4.69) is 0 Å². The van der Waals surface area contributed by atoms with Crippen LogP contribution in [0.4, 0.5) is 0 Å². The zero-order chi connectivity index (χ0) is 13.8. The van der Waals surface area contributed by atoms with Gasteiger partial charge < -0.3 is 14.7 Å². The number of thiophene rings is 1. The molecule has 0 radical (unpaired) electrons. The smallest absolute Gasteiger partial charge is 0.254 e. The molecule has 1 amide bonds. The van der Waals surface area contributed by atoms with Gasteiger partial charge in [0.1, 0.15) is 0 Å². The number of ether oxygens (including phenoxy) is 1. The SMILES string of the molecule is Cc1cc(C(=O)N2CCC(OCCO)CC2)c(C)s1. The number of aliphatic hydroxyl groups is 1. The second-order valence-electron chi connectivity index (χ2n) is 4.91. The predicted molar refractivity (Wildman–Crippen MR) is 75.8 cm³/mol. The Morgan fingerprint density at radius 1 is 1.47 bits per heavy atom. The Morgan fingerprint density at radius 3 is 2.68 bits per heavy atom. The topological polar surface area (TPSA) is 49.8 Å². The number of nitrogens with zero attached hydrogens (tertiary/aromatic N) is 1. The van der Waals surface area contributed by atoms with E-state index in [1.807, 2.05) is 24.8 Å². The summed E-state index contributed by atoms with van der Waals surface area (Å²) in [6.07, 6.45) is 1.89. The van der Waals surface area contributed by atoms with Crippen LogP contribution in [0.25, 0.3) is 0 Å². The molecule has 1 aromatic rings. The summed E-state index contributed by atoms with van der Waals surface area (Å²) in [5, 5.41) is 8.73. The van der Waals surface area contributed by atoms with Crippen LogP contribution in [0, 0.1) is 13.8 Å². The minimum absolute atomic E-state index is 0.0620. The van der Waals surface area contributed by atoms with Gasteiger partial charge in [-0.3, -0.25) is 4.79 Å². The minimum atomic E-state index is 0.0620. The number of piperidine rings is 1. The van der Waals surface area contributed by atoms with E-state index in [-0.39, 0.29) is 18.6 Å². The summed E-state index contributed by atoms with van der Waals surface area (Å²) >= 11 is 1.67. The van der Waals surface area contributed by atoms with Crippen molar-refractivity contribution < 1.29 is 14.6 Å². The maximum absolute atomic E-state index is 12.4. The lowest BCUT2D eigenvalue weighted by Crippen LogP contribution is -2.41. The second kappa shape index (κ2) is 6.50. The Bertz CT molecular complexity index is 436. The zero-order valence-corrected chi connectivity index (χ0v) is 12.3. The monoisotopic (exact) mass is 283 g/mol. The Kier molecular flexibility index (Phi) is 4.96. The Labute approximate surface area is 118 Å². The molecule has 5 heteroatoms. The molecular weight excluding hydrogens is 262 g/mol. The third-order valence-corrected chi connectivity index (χ3v) is 4.41. The van der Waals surface area contributed by atoms with Gasteiger partial charge in [-0.15, -0.1) is 11.3 Å². The molecule has 0 bridgehead atoms. The molecule has 1 fully saturated rings. The van der Waals surface area contributed by atoms with E-state index in [1.165, 1.54) is 4.88 Å². The van der Waals surface area contributed by atoms with Crippen molar-refractivity contribution in [3.63, 3.8) is 0 Å². The number of aryl methyl sites for hydroxylation is 2. The van der Waals surface area contributed by atoms with E-state index >= 15 is 0 Å². The zero-order valence-electron chi connectivity index (χ0n) is 11.5. The van der Waals surface area contributed by atoms with Crippen molar-refractivity contribution in [2.75, 3.05) is 26.3 Å². The Morgan fingerprint density at radius 2 is 2.16 bits per heavy atom. The molecule has 106 valence electrons. The van der Waals surface area contributed by atoms with Gasteiger partial charge in [0, 0.05) is 22.8 Å². The molecule has 2 rings (SSSR count).